The Bertz CT molecular complexity index is 1610. The van der Waals surface area contributed by atoms with E-state index in [-0.39, 0.29) is 6.54 Å². The van der Waals surface area contributed by atoms with Crippen molar-refractivity contribution in [3.05, 3.63) is 105 Å². The molecule has 7 nitrogen and oxygen atoms in total. The van der Waals surface area contributed by atoms with Crippen LogP contribution in [0.15, 0.2) is 83.8 Å². The molecule has 0 saturated heterocycles. The number of rotatable bonds is 5. The smallest absolute Gasteiger partial charge is 0.367 e. The fourth-order valence-corrected chi connectivity index (χ4v) is 4.11. The van der Waals surface area contributed by atoms with Gasteiger partial charge in [-0.05, 0) is 41.5 Å². The number of para-hydroxylation sites is 1. The molecule has 174 valence electrons. The maximum Gasteiger partial charge on any atom is 0.367 e. The van der Waals surface area contributed by atoms with Gasteiger partial charge in [0, 0.05) is 33.7 Å². The maximum absolute atomic E-state index is 13.3. The summed E-state index contributed by atoms with van der Waals surface area (Å²) in [5.74, 6) is -0.0733. The molecule has 0 fully saturated rings. The third-order valence-electron chi connectivity index (χ3n) is 5.45. The minimum Gasteiger partial charge on any atom is -0.426 e. The Balaban J connectivity index is 1.70. The van der Waals surface area contributed by atoms with Crippen molar-refractivity contribution in [3.8, 4) is 28.0 Å². The van der Waals surface area contributed by atoms with Gasteiger partial charge in [0.25, 0.3) is 0 Å². The lowest BCUT2D eigenvalue weighted by atomic mass is 9.97. The summed E-state index contributed by atoms with van der Waals surface area (Å²) in [5.41, 5.74) is 3.81. The first kappa shape index (κ1) is 22.8. The van der Waals surface area contributed by atoms with E-state index in [2.05, 4.69) is 10.2 Å². The molecule has 0 bridgehead atoms. The second-order valence-corrected chi connectivity index (χ2v) is 8.70. The highest BCUT2D eigenvalue weighted by Crippen LogP contribution is 2.35. The number of halogens is 2. The van der Waals surface area contributed by atoms with E-state index in [1.165, 1.54) is 16.1 Å². The summed E-state index contributed by atoms with van der Waals surface area (Å²) in [5, 5.41) is 10.2. The fraction of sp³-hybridized carbons (Fsp3) is 0.0769. The first-order valence-corrected chi connectivity index (χ1v) is 11.4. The van der Waals surface area contributed by atoms with Gasteiger partial charge in [0.05, 0.1) is 12.7 Å². The molecule has 5 aromatic rings. The average Bonchev–Trinajstić information content (AvgIpc) is 3.16. The molecule has 0 atom stereocenters. The molecule has 0 unspecified atom stereocenters. The molecule has 0 radical (unpaired) electrons. The second-order valence-electron chi connectivity index (χ2n) is 7.82. The number of ether oxygens (including phenoxy) is 1. The predicted octanol–water partition coefficient (Wildman–Crippen LogP) is 5.51. The van der Waals surface area contributed by atoms with Crippen molar-refractivity contribution in [1.29, 1.82) is 0 Å². The number of carbonyl (C=O) groups excluding carboxylic acids is 1. The summed E-state index contributed by atoms with van der Waals surface area (Å²) in [7, 11) is 0. The molecule has 0 amide bonds. The zero-order chi connectivity index (χ0) is 24.5. The van der Waals surface area contributed by atoms with Crippen molar-refractivity contribution >= 4 is 34.8 Å². The summed E-state index contributed by atoms with van der Waals surface area (Å²) in [4.78, 5) is 24.8. The lowest BCUT2D eigenvalue weighted by molar-refractivity contribution is -0.131. The van der Waals surface area contributed by atoms with Crippen molar-refractivity contribution in [2.45, 2.75) is 13.5 Å². The van der Waals surface area contributed by atoms with Crippen LogP contribution >= 0.6 is 23.2 Å². The Morgan fingerprint density at radius 3 is 2.20 bits per heavy atom. The zero-order valence-electron chi connectivity index (χ0n) is 18.5. The van der Waals surface area contributed by atoms with Gasteiger partial charge in [0.15, 0.2) is 5.65 Å². The highest BCUT2D eigenvalue weighted by molar-refractivity contribution is 6.31. The number of nitrogens with zero attached hydrogens (tertiary/aromatic N) is 4. The van der Waals surface area contributed by atoms with E-state index in [0.29, 0.717) is 27.0 Å². The van der Waals surface area contributed by atoms with Gasteiger partial charge < -0.3 is 4.74 Å². The van der Waals surface area contributed by atoms with Crippen molar-refractivity contribution in [2.24, 2.45) is 0 Å². The molecule has 5 rings (SSSR count). The standard InChI is InChI=1S/C26H18Cl2N4O3/c1-16(33)35-23-5-3-2-4-19(23)15-31-26(34)32-25(30-31)24(18-8-12-21(28)13-9-18)22(14-29-32)17-6-10-20(27)11-7-17/h2-14H,15H2,1H3. The van der Waals surface area contributed by atoms with Gasteiger partial charge in [0.1, 0.15) is 5.75 Å². The Morgan fingerprint density at radius 1 is 0.914 bits per heavy atom. The van der Waals surface area contributed by atoms with Crippen LogP contribution in [0.3, 0.4) is 0 Å². The summed E-state index contributed by atoms with van der Waals surface area (Å²) < 4.78 is 7.86. The quantitative estimate of drug-likeness (QED) is 0.233. The molecule has 0 aliphatic carbocycles. The first-order chi connectivity index (χ1) is 16.9. The first-order valence-electron chi connectivity index (χ1n) is 10.7. The topological polar surface area (TPSA) is 78.5 Å². The molecule has 0 N–H and O–H groups in total. The van der Waals surface area contributed by atoms with Gasteiger partial charge in [-0.25, -0.2) is 9.48 Å². The Morgan fingerprint density at radius 2 is 1.54 bits per heavy atom. The highest BCUT2D eigenvalue weighted by atomic mass is 35.5. The summed E-state index contributed by atoms with van der Waals surface area (Å²) in [6.45, 7) is 1.43. The van der Waals surface area contributed by atoms with Crippen LogP contribution in [-0.2, 0) is 11.3 Å². The van der Waals surface area contributed by atoms with E-state index in [1.807, 2.05) is 24.3 Å². The van der Waals surface area contributed by atoms with Crippen LogP contribution in [0.5, 0.6) is 5.75 Å². The molecule has 0 aliphatic rings. The number of hydrogen-bond donors (Lipinski definition) is 0. The number of aromatic nitrogens is 4. The number of benzene rings is 3. The zero-order valence-corrected chi connectivity index (χ0v) is 20.0. The lowest BCUT2D eigenvalue weighted by Crippen LogP contribution is -2.23. The average molecular weight is 505 g/mol. The van der Waals surface area contributed by atoms with Crippen LogP contribution in [0.1, 0.15) is 12.5 Å². The molecule has 0 aliphatic heterocycles. The maximum atomic E-state index is 13.3. The van der Waals surface area contributed by atoms with Crippen molar-refractivity contribution in [2.75, 3.05) is 0 Å². The minimum absolute atomic E-state index is 0.0992. The summed E-state index contributed by atoms with van der Waals surface area (Å²) in [6.07, 6.45) is 1.64. The fourth-order valence-electron chi connectivity index (χ4n) is 3.86. The molecule has 9 heteroatoms. The molecule has 0 spiro atoms. The number of hydrogen-bond acceptors (Lipinski definition) is 5. The molecule has 2 aromatic heterocycles. The van der Waals surface area contributed by atoms with Crippen LogP contribution in [-0.4, -0.2) is 25.4 Å². The third-order valence-corrected chi connectivity index (χ3v) is 5.95. The highest BCUT2D eigenvalue weighted by Gasteiger charge is 2.19. The van der Waals surface area contributed by atoms with Crippen LogP contribution in [0.25, 0.3) is 27.9 Å². The molecule has 35 heavy (non-hydrogen) atoms. The Kier molecular flexibility index (Phi) is 6.11. The Hall–Kier alpha value is -3.94. The van der Waals surface area contributed by atoms with Gasteiger partial charge in [-0.3, -0.25) is 4.79 Å². The van der Waals surface area contributed by atoms with E-state index in [0.717, 1.165) is 22.3 Å². The number of carbonyl (C=O) groups is 1. The normalized spacial score (nSPS) is 11.1. The molecular formula is C26H18Cl2N4O3. The van der Waals surface area contributed by atoms with Crippen LogP contribution in [0, 0.1) is 0 Å². The minimum atomic E-state index is -0.445. The van der Waals surface area contributed by atoms with E-state index in [9.17, 15) is 9.59 Å². The van der Waals surface area contributed by atoms with Gasteiger partial charge in [-0.2, -0.15) is 9.61 Å². The lowest BCUT2D eigenvalue weighted by Gasteiger charge is -2.11. The Labute approximate surface area is 210 Å². The number of fused-ring (bicyclic) bond motifs is 1. The SMILES string of the molecule is CC(=O)Oc1ccccc1Cn1nc2c(-c3ccc(Cl)cc3)c(-c3ccc(Cl)cc3)cnn2c1=O. The summed E-state index contributed by atoms with van der Waals surface area (Å²) >= 11 is 12.2. The second kappa shape index (κ2) is 9.37. The largest absolute Gasteiger partial charge is 0.426 e. The van der Waals surface area contributed by atoms with E-state index < -0.39 is 11.7 Å². The third kappa shape index (κ3) is 4.56. The summed E-state index contributed by atoms with van der Waals surface area (Å²) in [6, 6.07) is 21.7. The monoisotopic (exact) mass is 504 g/mol. The van der Waals surface area contributed by atoms with Gasteiger partial charge in [-0.1, -0.05) is 65.7 Å². The molecule has 3 aromatic carbocycles. The van der Waals surface area contributed by atoms with Crippen LogP contribution in [0.2, 0.25) is 10.0 Å². The van der Waals surface area contributed by atoms with Gasteiger partial charge in [-0.15, -0.1) is 5.10 Å². The number of esters is 1. The van der Waals surface area contributed by atoms with E-state index >= 15 is 0 Å². The van der Waals surface area contributed by atoms with Crippen LogP contribution in [0.4, 0.5) is 0 Å². The van der Waals surface area contributed by atoms with Gasteiger partial charge in [0.2, 0.25) is 0 Å². The van der Waals surface area contributed by atoms with E-state index in [1.54, 1.807) is 54.7 Å². The van der Waals surface area contributed by atoms with E-state index in [4.69, 9.17) is 27.9 Å². The molecule has 2 heterocycles. The predicted molar refractivity (Wildman–Crippen MR) is 135 cm³/mol. The van der Waals surface area contributed by atoms with Crippen molar-refractivity contribution in [1.82, 2.24) is 19.4 Å². The van der Waals surface area contributed by atoms with Crippen molar-refractivity contribution in [3.63, 3.8) is 0 Å². The molecule has 0 saturated carbocycles. The van der Waals surface area contributed by atoms with Gasteiger partial charge >= 0.3 is 11.7 Å². The molecular weight excluding hydrogens is 487 g/mol. The van der Waals surface area contributed by atoms with Crippen LogP contribution < -0.4 is 10.4 Å². The van der Waals surface area contributed by atoms with Crippen molar-refractivity contribution < 1.29 is 9.53 Å².